The van der Waals surface area contributed by atoms with Crippen LogP contribution in [0.15, 0.2) is 18.2 Å². The standard InChI is InChI=1S/C14H19NO3/c1-10-3-4-11(7-12(10)18-2)8-13(17)15-14(9-16)5-6-14/h3-4,7,16H,5-6,8-9H2,1-2H3,(H,15,17). The van der Waals surface area contributed by atoms with Crippen LogP contribution >= 0.6 is 0 Å². The van der Waals surface area contributed by atoms with Gasteiger partial charge in [0.1, 0.15) is 5.75 Å². The summed E-state index contributed by atoms with van der Waals surface area (Å²) in [6, 6.07) is 5.75. The van der Waals surface area contributed by atoms with E-state index in [1.165, 1.54) is 0 Å². The molecule has 1 aliphatic rings. The SMILES string of the molecule is COc1cc(CC(=O)NC2(CO)CC2)ccc1C. The van der Waals surface area contributed by atoms with Gasteiger partial charge in [-0.2, -0.15) is 0 Å². The van der Waals surface area contributed by atoms with Crippen LogP contribution < -0.4 is 10.1 Å². The van der Waals surface area contributed by atoms with Gasteiger partial charge in [0, 0.05) is 0 Å². The molecular weight excluding hydrogens is 230 g/mol. The molecule has 0 bridgehead atoms. The molecule has 4 nitrogen and oxygen atoms in total. The Morgan fingerprint density at radius 2 is 2.22 bits per heavy atom. The number of hydrogen-bond donors (Lipinski definition) is 2. The number of carbonyl (C=O) groups excluding carboxylic acids is 1. The molecule has 2 N–H and O–H groups in total. The molecule has 98 valence electrons. The Hall–Kier alpha value is -1.55. The lowest BCUT2D eigenvalue weighted by Gasteiger charge is -2.14. The summed E-state index contributed by atoms with van der Waals surface area (Å²) < 4.78 is 5.23. The Morgan fingerprint density at radius 3 is 2.78 bits per heavy atom. The number of nitrogens with one attached hydrogen (secondary N) is 1. The van der Waals surface area contributed by atoms with Crippen molar-refractivity contribution in [2.45, 2.75) is 31.7 Å². The van der Waals surface area contributed by atoms with Crippen LogP contribution in [0.1, 0.15) is 24.0 Å². The molecule has 4 heteroatoms. The van der Waals surface area contributed by atoms with E-state index in [1.807, 2.05) is 25.1 Å². The summed E-state index contributed by atoms with van der Waals surface area (Å²) in [6.07, 6.45) is 2.05. The van der Waals surface area contributed by atoms with Gasteiger partial charge in [-0.15, -0.1) is 0 Å². The summed E-state index contributed by atoms with van der Waals surface area (Å²) in [5, 5.41) is 12.0. The van der Waals surface area contributed by atoms with Crippen LogP contribution in [-0.4, -0.2) is 30.3 Å². The van der Waals surface area contributed by atoms with Gasteiger partial charge in [-0.3, -0.25) is 4.79 Å². The molecule has 0 heterocycles. The number of benzene rings is 1. The molecule has 0 aliphatic heterocycles. The maximum absolute atomic E-state index is 11.8. The topological polar surface area (TPSA) is 58.6 Å². The number of methoxy groups -OCH3 is 1. The van der Waals surface area contributed by atoms with Gasteiger partial charge in [0.25, 0.3) is 0 Å². The van der Waals surface area contributed by atoms with E-state index < -0.39 is 0 Å². The number of amides is 1. The van der Waals surface area contributed by atoms with E-state index in [1.54, 1.807) is 7.11 Å². The summed E-state index contributed by atoms with van der Waals surface area (Å²) in [7, 11) is 1.62. The van der Waals surface area contributed by atoms with Gasteiger partial charge < -0.3 is 15.2 Å². The minimum Gasteiger partial charge on any atom is -0.496 e. The molecule has 1 saturated carbocycles. The lowest BCUT2D eigenvalue weighted by atomic mass is 10.1. The van der Waals surface area contributed by atoms with Crippen LogP contribution in [0, 0.1) is 6.92 Å². The number of carbonyl (C=O) groups is 1. The van der Waals surface area contributed by atoms with Crippen LogP contribution in [0.4, 0.5) is 0 Å². The van der Waals surface area contributed by atoms with E-state index >= 15 is 0 Å². The number of aliphatic hydroxyl groups is 1. The second-order valence-electron chi connectivity index (χ2n) is 4.97. The lowest BCUT2D eigenvalue weighted by Crippen LogP contribution is -2.40. The van der Waals surface area contributed by atoms with E-state index in [4.69, 9.17) is 9.84 Å². The molecule has 1 aromatic carbocycles. The van der Waals surface area contributed by atoms with Crippen LogP contribution in [0.25, 0.3) is 0 Å². The van der Waals surface area contributed by atoms with Gasteiger partial charge in [0.15, 0.2) is 0 Å². The second kappa shape index (κ2) is 4.98. The third kappa shape index (κ3) is 2.82. The Kier molecular flexibility index (Phi) is 3.57. The highest BCUT2D eigenvalue weighted by atomic mass is 16.5. The Morgan fingerprint density at radius 1 is 1.50 bits per heavy atom. The molecule has 1 aromatic rings. The highest BCUT2D eigenvalue weighted by Crippen LogP contribution is 2.34. The Balaban J connectivity index is 1.98. The summed E-state index contributed by atoms with van der Waals surface area (Å²) in [5.41, 5.74) is 1.63. The van der Waals surface area contributed by atoms with Gasteiger partial charge in [-0.1, -0.05) is 12.1 Å². The van der Waals surface area contributed by atoms with E-state index in [2.05, 4.69) is 5.32 Å². The third-order valence-electron chi connectivity index (χ3n) is 3.40. The molecule has 2 rings (SSSR count). The van der Waals surface area contributed by atoms with Crippen molar-refractivity contribution in [1.29, 1.82) is 0 Å². The highest BCUT2D eigenvalue weighted by Gasteiger charge is 2.43. The van der Waals surface area contributed by atoms with Crippen LogP contribution in [0.5, 0.6) is 5.75 Å². The minimum absolute atomic E-state index is 0.0238. The predicted molar refractivity (Wildman–Crippen MR) is 68.6 cm³/mol. The van der Waals surface area contributed by atoms with Gasteiger partial charge in [0.2, 0.25) is 5.91 Å². The molecule has 18 heavy (non-hydrogen) atoms. The van der Waals surface area contributed by atoms with Crippen molar-refractivity contribution >= 4 is 5.91 Å². The first kappa shape index (κ1) is 12.9. The first-order chi connectivity index (χ1) is 8.58. The molecule has 0 atom stereocenters. The van der Waals surface area contributed by atoms with E-state index in [0.717, 1.165) is 29.7 Å². The monoisotopic (exact) mass is 249 g/mol. The zero-order valence-corrected chi connectivity index (χ0v) is 10.8. The lowest BCUT2D eigenvalue weighted by molar-refractivity contribution is -0.121. The fraction of sp³-hybridized carbons (Fsp3) is 0.500. The summed E-state index contributed by atoms with van der Waals surface area (Å²) in [6.45, 7) is 1.99. The van der Waals surface area contributed by atoms with Crippen molar-refractivity contribution in [3.63, 3.8) is 0 Å². The number of aryl methyl sites for hydroxylation is 1. The first-order valence-corrected chi connectivity index (χ1v) is 6.14. The number of rotatable bonds is 5. The minimum atomic E-state index is -0.341. The summed E-state index contributed by atoms with van der Waals surface area (Å²) in [5.74, 6) is 0.746. The van der Waals surface area contributed by atoms with Crippen LogP contribution in [0.3, 0.4) is 0 Å². The van der Waals surface area contributed by atoms with Crippen molar-refractivity contribution in [2.24, 2.45) is 0 Å². The quantitative estimate of drug-likeness (QED) is 0.824. The molecular formula is C14H19NO3. The molecule has 0 spiro atoms. The Labute approximate surface area is 107 Å². The van der Waals surface area contributed by atoms with Crippen molar-refractivity contribution in [3.05, 3.63) is 29.3 Å². The molecule has 0 unspecified atom stereocenters. The van der Waals surface area contributed by atoms with Crippen molar-refractivity contribution in [2.75, 3.05) is 13.7 Å². The number of aliphatic hydroxyl groups excluding tert-OH is 1. The zero-order valence-electron chi connectivity index (χ0n) is 10.8. The third-order valence-corrected chi connectivity index (χ3v) is 3.40. The second-order valence-corrected chi connectivity index (χ2v) is 4.97. The first-order valence-electron chi connectivity index (χ1n) is 6.14. The van der Waals surface area contributed by atoms with E-state index in [9.17, 15) is 4.79 Å². The summed E-state index contributed by atoms with van der Waals surface area (Å²) in [4.78, 5) is 11.8. The average molecular weight is 249 g/mol. The molecule has 1 amide bonds. The Bertz CT molecular complexity index is 452. The smallest absolute Gasteiger partial charge is 0.224 e. The van der Waals surface area contributed by atoms with Gasteiger partial charge in [0.05, 0.1) is 25.7 Å². The van der Waals surface area contributed by atoms with Gasteiger partial charge in [-0.25, -0.2) is 0 Å². The molecule has 0 radical (unpaired) electrons. The number of ether oxygens (including phenoxy) is 1. The largest absolute Gasteiger partial charge is 0.496 e. The maximum atomic E-state index is 11.8. The summed E-state index contributed by atoms with van der Waals surface area (Å²) >= 11 is 0. The van der Waals surface area contributed by atoms with Gasteiger partial charge in [-0.05, 0) is 37.0 Å². The molecule has 1 aliphatic carbocycles. The van der Waals surface area contributed by atoms with Crippen molar-refractivity contribution in [3.8, 4) is 5.75 Å². The van der Waals surface area contributed by atoms with Gasteiger partial charge >= 0.3 is 0 Å². The van der Waals surface area contributed by atoms with Crippen LogP contribution in [-0.2, 0) is 11.2 Å². The van der Waals surface area contributed by atoms with E-state index in [-0.39, 0.29) is 18.1 Å². The molecule has 0 aromatic heterocycles. The average Bonchev–Trinajstić information content (AvgIpc) is 3.12. The zero-order chi connectivity index (χ0) is 13.2. The fourth-order valence-electron chi connectivity index (χ4n) is 1.97. The van der Waals surface area contributed by atoms with E-state index in [0.29, 0.717) is 6.42 Å². The molecule has 1 fully saturated rings. The predicted octanol–water partition coefficient (Wildman–Crippen LogP) is 1.19. The van der Waals surface area contributed by atoms with Crippen molar-refractivity contribution in [1.82, 2.24) is 5.32 Å². The van der Waals surface area contributed by atoms with Crippen LogP contribution in [0.2, 0.25) is 0 Å². The highest BCUT2D eigenvalue weighted by molar-refractivity contribution is 5.80. The fourth-order valence-corrected chi connectivity index (χ4v) is 1.97. The molecule has 0 saturated heterocycles. The number of hydrogen-bond acceptors (Lipinski definition) is 3. The van der Waals surface area contributed by atoms with Crippen molar-refractivity contribution < 1.29 is 14.6 Å². The normalized spacial score (nSPS) is 16.2. The maximum Gasteiger partial charge on any atom is 0.224 e.